The van der Waals surface area contributed by atoms with Gasteiger partial charge in [0, 0.05) is 12.1 Å². The Hall–Kier alpha value is -0.0800. The maximum absolute atomic E-state index is 5.97. The van der Waals surface area contributed by atoms with Gasteiger partial charge < -0.3 is 5.73 Å². The average Bonchev–Trinajstić information content (AvgIpc) is 2.73. The Morgan fingerprint density at radius 2 is 2.08 bits per heavy atom. The molecule has 2 fully saturated rings. The molecule has 2 nitrogen and oxygen atoms in total. The van der Waals surface area contributed by atoms with Crippen LogP contribution >= 0.6 is 0 Å². The van der Waals surface area contributed by atoms with Gasteiger partial charge in [-0.3, -0.25) is 4.90 Å². The van der Waals surface area contributed by atoms with Crippen molar-refractivity contribution in [1.82, 2.24) is 4.90 Å². The van der Waals surface area contributed by atoms with Crippen molar-refractivity contribution in [2.45, 2.75) is 44.6 Å². The van der Waals surface area contributed by atoms with Crippen LogP contribution in [0.3, 0.4) is 0 Å². The lowest BCUT2D eigenvalue weighted by atomic mass is 9.94. The van der Waals surface area contributed by atoms with Crippen molar-refractivity contribution >= 4 is 0 Å². The Morgan fingerprint density at radius 1 is 1.38 bits per heavy atom. The summed E-state index contributed by atoms with van der Waals surface area (Å²) in [5.41, 5.74) is 6.37. The molecular formula is C11H22N2. The van der Waals surface area contributed by atoms with E-state index in [1.807, 2.05) is 0 Å². The van der Waals surface area contributed by atoms with Gasteiger partial charge in [-0.15, -0.1) is 0 Å². The highest BCUT2D eigenvalue weighted by Crippen LogP contribution is 2.39. The number of rotatable bonds is 2. The van der Waals surface area contributed by atoms with Crippen LogP contribution in [0.2, 0.25) is 0 Å². The molecule has 0 aromatic heterocycles. The number of nitrogens with zero attached hydrogens (tertiary/aromatic N) is 1. The van der Waals surface area contributed by atoms with Crippen LogP contribution in [0, 0.1) is 5.92 Å². The Labute approximate surface area is 81.5 Å². The molecule has 76 valence electrons. The van der Waals surface area contributed by atoms with E-state index in [4.69, 9.17) is 5.73 Å². The van der Waals surface area contributed by atoms with Crippen molar-refractivity contribution in [1.29, 1.82) is 0 Å². The Balaban J connectivity index is 2.06. The van der Waals surface area contributed by atoms with Crippen LogP contribution in [0.1, 0.15) is 39.0 Å². The van der Waals surface area contributed by atoms with Gasteiger partial charge in [0.2, 0.25) is 0 Å². The largest absolute Gasteiger partial charge is 0.329 e. The fraction of sp³-hybridized carbons (Fsp3) is 1.00. The van der Waals surface area contributed by atoms with Crippen molar-refractivity contribution in [3.05, 3.63) is 0 Å². The number of nitrogens with two attached hydrogens (primary N) is 1. The SMILES string of the molecule is CC1CCC(CN)(N2CCCC2)C1. The van der Waals surface area contributed by atoms with Crippen molar-refractivity contribution in [3.8, 4) is 0 Å². The van der Waals surface area contributed by atoms with E-state index in [0.717, 1.165) is 12.5 Å². The lowest BCUT2D eigenvalue weighted by Crippen LogP contribution is -2.50. The fourth-order valence-corrected chi connectivity index (χ4v) is 3.16. The van der Waals surface area contributed by atoms with Crippen LogP contribution in [-0.4, -0.2) is 30.1 Å². The van der Waals surface area contributed by atoms with Crippen LogP contribution < -0.4 is 5.73 Å². The van der Waals surface area contributed by atoms with Crippen molar-refractivity contribution < 1.29 is 0 Å². The quantitative estimate of drug-likeness (QED) is 0.703. The summed E-state index contributed by atoms with van der Waals surface area (Å²) in [7, 11) is 0. The van der Waals surface area contributed by atoms with Gasteiger partial charge in [0.25, 0.3) is 0 Å². The maximum Gasteiger partial charge on any atom is 0.0334 e. The second kappa shape index (κ2) is 3.58. The molecule has 2 unspecified atom stereocenters. The summed E-state index contributed by atoms with van der Waals surface area (Å²) >= 11 is 0. The summed E-state index contributed by atoms with van der Waals surface area (Å²) in [5, 5.41) is 0. The molecule has 2 atom stereocenters. The summed E-state index contributed by atoms with van der Waals surface area (Å²) in [4.78, 5) is 2.66. The minimum absolute atomic E-state index is 0.399. The third kappa shape index (κ3) is 1.62. The molecule has 0 aromatic rings. The second-order valence-electron chi connectivity index (χ2n) is 4.97. The van der Waals surface area contributed by atoms with Gasteiger partial charge in [0.1, 0.15) is 0 Å². The molecule has 1 heterocycles. The first-order valence-electron chi connectivity index (χ1n) is 5.72. The van der Waals surface area contributed by atoms with E-state index in [1.54, 1.807) is 0 Å². The molecule has 2 rings (SSSR count). The Kier molecular flexibility index (Phi) is 2.61. The molecule has 13 heavy (non-hydrogen) atoms. The first-order valence-corrected chi connectivity index (χ1v) is 5.72. The minimum atomic E-state index is 0.399. The highest BCUT2D eigenvalue weighted by atomic mass is 15.2. The van der Waals surface area contributed by atoms with E-state index in [2.05, 4.69) is 11.8 Å². The van der Waals surface area contributed by atoms with Crippen LogP contribution in [0.4, 0.5) is 0 Å². The van der Waals surface area contributed by atoms with Gasteiger partial charge in [-0.25, -0.2) is 0 Å². The Morgan fingerprint density at radius 3 is 2.54 bits per heavy atom. The summed E-state index contributed by atoms with van der Waals surface area (Å²) in [5.74, 6) is 0.893. The van der Waals surface area contributed by atoms with Crippen molar-refractivity contribution in [3.63, 3.8) is 0 Å². The summed E-state index contributed by atoms with van der Waals surface area (Å²) < 4.78 is 0. The summed E-state index contributed by atoms with van der Waals surface area (Å²) in [6.45, 7) is 5.83. The number of hydrogen-bond acceptors (Lipinski definition) is 2. The zero-order valence-electron chi connectivity index (χ0n) is 8.76. The third-order valence-electron chi connectivity index (χ3n) is 3.99. The molecule has 1 saturated heterocycles. The molecule has 0 aromatic carbocycles. The molecule has 1 aliphatic heterocycles. The van der Waals surface area contributed by atoms with Gasteiger partial charge in [-0.05, 0) is 51.1 Å². The van der Waals surface area contributed by atoms with Gasteiger partial charge >= 0.3 is 0 Å². The number of hydrogen-bond donors (Lipinski definition) is 1. The molecular weight excluding hydrogens is 160 g/mol. The van der Waals surface area contributed by atoms with E-state index in [9.17, 15) is 0 Å². The van der Waals surface area contributed by atoms with Gasteiger partial charge in [-0.2, -0.15) is 0 Å². The van der Waals surface area contributed by atoms with Crippen molar-refractivity contribution in [2.24, 2.45) is 11.7 Å². The molecule has 2 aliphatic rings. The third-order valence-corrected chi connectivity index (χ3v) is 3.99. The summed E-state index contributed by atoms with van der Waals surface area (Å²) in [6.07, 6.45) is 6.83. The first kappa shape index (κ1) is 9.47. The van der Waals surface area contributed by atoms with Crippen LogP contribution in [0.25, 0.3) is 0 Å². The summed E-state index contributed by atoms with van der Waals surface area (Å²) in [6, 6.07) is 0. The van der Waals surface area contributed by atoms with E-state index >= 15 is 0 Å². The predicted molar refractivity (Wildman–Crippen MR) is 55.6 cm³/mol. The van der Waals surface area contributed by atoms with E-state index in [-0.39, 0.29) is 0 Å². The molecule has 2 heteroatoms. The van der Waals surface area contributed by atoms with Crippen molar-refractivity contribution in [2.75, 3.05) is 19.6 Å². The lowest BCUT2D eigenvalue weighted by Gasteiger charge is -2.38. The van der Waals surface area contributed by atoms with Gasteiger partial charge in [0.05, 0.1) is 0 Å². The highest BCUT2D eigenvalue weighted by Gasteiger charge is 2.41. The highest BCUT2D eigenvalue weighted by molar-refractivity contribution is 4.99. The molecule has 2 N–H and O–H groups in total. The van der Waals surface area contributed by atoms with Gasteiger partial charge in [-0.1, -0.05) is 6.92 Å². The predicted octanol–water partition coefficient (Wildman–Crippen LogP) is 1.60. The monoisotopic (exact) mass is 182 g/mol. The Bertz CT molecular complexity index is 175. The zero-order valence-corrected chi connectivity index (χ0v) is 8.76. The maximum atomic E-state index is 5.97. The lowest BCUT2D eigenvalue weighted by molar-refractivity contribution is 0.126. The van der Waals surface area contributed by atoms with Gasteiger partial charge in [0.15, 0.2) is 0 Å². The molecule has 1 saturated carbocycles. The molecule has 0 spiro atoms. The molecule has 1 aliphatic carbocycles. The molecule has 0 radical (unpaired) electrons. The van der Waals surface area contributed by atoms with Crippen LogP contribution in [-0.2, 0) is 0 Å². The van der Waals surface area contributed by atoms with E-state index < -0.39 is 0 Å². The topological polar surface area (TPSA) is 29.3 Å². The van der Waals surface area contributed by atoms with E-state index in [1.165, 1.54) is 45.2 Å². The van der Waals surface area contributed by atoms with Crippen LogP contribution in [0.5, 0.6) is 0 Å². The number of likely N-dealkylation sites (tertiary alicyclic amines) is 1. The standard InChI is InChI=1S/C11H22N2/c1-10-4-5-11(8-10,9-12)13-6-2-3-7-13/h10H,2-9,12H2,1H3. The second-order valence-corrected chi connectivity index (χ2v) is 4.97. The molecule has 0 bridgehead atoms. The van der Waals surface area contributed by atoms with Crippen LogP contribution in [0.15, 0.2) is 0 Å². The fourth-order valence-electron chi connectivity index (χ4n) is 3.16. The normalized spacial score (nSPS) is 41.5. The van der Waals surface area contributed by atoms with E-state index in [0.29, 0.717) is 5.54 Å². The minimum Gasteiger partial charge on any atom is -0.329 e. The zero-order chi connectivity index (χ0) is 9.31. The first-order chi connectivity index (χ1) is 6.27. The average molecular weight is 182 g/mol. The molecule has 0 amide bonds. The smallest absolute Gasteiger partial charge is 0.0334 e.